The minimum atomic E-state index is -4.64. The lowest BCUT2D eigenvalue weighted by molar-refractivity contribution is -0.137. The molecule has 4 aromatic rings. The largest absolute Gasteiger partial charge is 0.457 e. The molecule has 0 aliphatic carbocycles. The molecule has 4 N–H and O–H groups in total. The number of hydrogen-bond acceptors (Lipinski definition) is 6. The Kier molecular flexibility index (Phi) is 12.7. The van der Waals surface area contributed by atoms with Gasteiger partial charge in [-0.3, -0.25) is 14.3 Å². The second-order valence-corrected chi connectivity index (χ2v) is 10.5. The minimum Gasteiger partial charge on any atom is -0.457 e. The molecule has 0 spiro atoms. The molecule has 4 rings (SSSR count). The summed E-state index contributed by atoms with van der Waals surface area (Å²) in [5.41, 5.74) is 0.409. The van der Waals surface area contributed by atoms with Crippen LogP contribution in [0.15, 0.2) is 90.0 Å². The fourth-order valence-corrected chi connectivity index (χ4v) is 4.00. The summed E-state index contributed by atoms with van der Waals surface area (Å²) in [6, 6.07) is 17.6. The van der Waals surface area contributed by atoms with Crippen LogP contribution in [0.25, 0.3) is 0 Å². The summed E-state index contributed by atoms with van der Waals surface area (Å²) in [6.07, 6.45) is -3.21. The number of aryl methyl sites for hydroxylation is 1. The Balaban J connectivity index is 0.000000475. The Morgan fingerprint density at radius 3 is 2.05 bits per heavy atom. The van der Waals surface area contributed by atoms with Crippen LogP contribution in [0.2, 0.25) is 5.02 Å². The molecule has 1 heterocycles. The highest BCUT2D eigenvalue weighted by molar-refractivity contribution is 8.93. The fourth-order valence-electron chi connectivity index (χ4n) is 3.29. The van der Waals surface area contributed by atoms with Gasteiger partial charge < -0.3 is 20.7 Å². The van der Waals surface area contributed by atoms with Crippen molar-refractivity contribution in [3.63, 3.8) is 0 Å². The number of hydrogen-bond donors (Lipinski definition) is 4. The molecule has 0 saturated carbocycles. The molecule has 44 heavy (non-hydrogen) atoms. The second kappa shape index (κ2) is 15.5. The Morgan fingerprint density at radius 2 is 1.48 bits per heavy atom. The average Bonchev–Trinajstić information content (AvgIpc) is 2.94. The molecular formula is C28H25BrClF3N4O6S. The van der Waals surface area contributed by atoms with Gasteiger partial charge in [0.1, 0.15) is 17.2 Å². The number of benzene rings is 3. The van der Waals surface area contributed by atoms with Gasteiger partial charge >= 0.3 is 12.2 Å². The zero-order chi connectivity index (χ0) is 31.8. The molecule has 1 aromatic heterocycles. The maximum atomic E-state index is 12.9. The number of pyridine rings is 1. The van der Waals surface area contributed by atoms with Crippen LogP contribution in [0.1, 0.15) is 21.6 Å². The van der Waals surface area contributed by atoms with Crippen LogP contribution in [0.3, 0.4) is 0 Å². The number of halogens is 5. The molecule has 3 aromatic carbocycles. The maximum Gasteiger partial charge on any atom is 0.417 e. The van der Waals surface area contributed by atoms with Crippen LogP contribution in [-0.2, 0) is 16.3 Å². The number of ether oxygens (including phenoxy) is 1. The van der Waals surface area contributed by atoms with Crippen molar-refractivity contribution in [3.05, 3.63) is 107 Å². The third-order valence-electron chi connectivity index (χ3n) is 5.39. The van der Waals surface area contributed by atoms with Crippen molar-refractivity contribution >= 4 is 62.0 Å². The van der Waals surface area contributed by atoms with Gasteiger partial charge in [-0.2, -0.15) is 21.6 Å². The predicted molar refractivity (Wildman–Crippen MR) is 165 cm³/mol. The molecule has 16 heteroatoms. The molecule has 234 valence electrons. The van der Waals surface area contributed by atoms with Crippen molar-refractivity contribution in [1.29, 1.82) is 0 Å². The number of carbonyl (C=O) groups is 2. The summed E-state index contributed by atoms with van der Waals surface area (Å²) < 4.78 is 74.0. The van der Waals surface area contributed by atoms with Gasteiger partial charge in [-0.1, -0.05) is 29.3 Å². The summed E-state index contributed by atoms with van der Waals surface area (Å²) >= 11 is 5.57. The van der Waals surface area contributed by atoms with Crippen LogP contribution in [0.5, 0.6) is 11.5 Å². The van der Waals surface area contributed by atoms with Crippen LogP contribution >= 0.6 is 28.6 Å². The Bertz CT molecular complexity index is 1710. The van der Waals surface area contributed by atoms with E-state index in [1.165, 1.54) is 37.5 Å². The van der Waals surface area contributed by atoms with Crippen LogP contribution < -0.4 is 20.7 Å². The normalized spacial score (nSPS) is 10.8. The van der Waals surface area contributed by atoms with Crippen LogP contribution in [0, 0.1) is 6.92 Å². The molecule has 0 unspecified atom stereocenters. The Hall–Kier alpha value is -4.18. The first-order valence-corrected chi connectivity index (χ1v) is 13.9. The smallest absolute Gasteiger partial charge is 0.417 e. The van der Waals surface area contributed by atoms with E-state index in [0.29, 0.717) is 17.2 Å². The number of aromatic nitrogens is 1. The molecule has 0 bridgehead atoms. The van der Waals surface area contributed by atoms with Gasteiger partial charge in [0.15, 0.2) is 0 Å². The summed E-state index contributed by atoms with van der Waals surface area (Å²) in [5, 5.41) is 6.83. The van der Waals surface area contributed by atoms with Gasteiger partial charge in [-0.15, -0.1) is 17.0 Å². The topological polar surface area (TPSA) is 147 Å². The number of urea groups is 1. The lowest BCUT2D eigenvalue weighted by Gasteiger charge is -2.12. The van der Waals surface area contributed by atoms with Crippen molar-refractivity contribution in [1.82, 2.24) is 10.3 Å². The average molecular weight is 718 g/mol. The predicted octanol–water partition coefficient (Wildman–Crippen LogP) is 7.37. The van der Waals surface area contributed by atoms with Gasteiger partial charge in [0, 0.05) is 30.7 Å². The zero-order valence-electron chi connectivity index (χ0n) is 22.8. The highest BCUT2D eigenvalue weighted by Crippen LogP contribution is 2.36. The summed E-state index contributed by atoms with van der Waals surface area (Å²) in [5.74, 6) is 0.460. The SMILES string of the molecule is Br.CNC(=O)c1cc(Oc2ccc(NC(=O)Nc3ccc(Cl)c(C(F)(F)F)c3)cc2)ccn1.Cc1ccc(S(=O)(=O)O)cc1. The standard InChI is InChI=1S/C21H16ClF3N4O3.C7H8O3S.BrH/c1-26-19(30)18-11-15(8-9-27-18)32-14-5-2-12(3-6-14)28-20(31)29-13-4-7-17(22)16(10-13)21(23,24)25;1-6-2-4-7(5-3-6)11(8,9)10;/h2-11H,1H3,(H,26,30)(H2,28,29,31);2-5H,1H3,(H,8,9,10);1H. The Labute approximate surface area is 266 Å². The molecule has 0 aliphatic heterocycles. The molecular weight excluding hydrogens is 693 g/mol. The quantitative estimate of drug-likeness (QED) is 0.152. The molecule has 0 aliphatic rings. The van der Waals surface area contributed by atoms with E-state index >= 15 is 0 Å². The van der Waals surface area contributed by atoms with E-state index in [0.717, 1.165) is 17.7 Å². The van der Waals surface area contributed by atoms with Gasteiger partial charge in [-0.05, 0) is 67.6 Å². The van der Waals surface area contributed by atoms with E-state index < -0.39 is 32.9 Å². The first-order valence-electron chi connectivity index (χ1n) is 12.1. The monoisotopic (exact) mass is 716 g/mol. The van der Waals surface area contributed by atoms with Crippen LogP contribution in [0.4, 0.5) is 29.3 Å². The van der Waals surface area contributed by atoms with Crippen LogP contribution in [-0.4, -0.2) is 36.9 Å². The van der Waals surface area contributed by atoms with Gasteiger partial charge in [-0.25, -0.2) is 4.79 Å². The molecule has 3 amide bonds. The van der Waals surface area contributed by atoms with E-state index in [4.69, 9.17) is 20.9 Å². The third-order valence-corrected chi connectivity index (χ3v) is 6.58. The van der Waals surface area contributed by atoms with Gasteiger partial charge in [0.2, 0.25) is 0 Å². The van der Waals surface area contributed by atoms with E-state index in [2.05, 4.69) is 20.9 Å². The van der Waals surface area contributed by atoms with E-state index in [1.807, 2.05) is 6.92 Å². The molecule has 0 fully saturated rings. The first-order chi connectivity index (χ1) is 20.2. The second-order valence-electron chi connectivity index (χ2n) is 8.64. The van der Waals surface area contributed by atoms with Crippen molar-refractivity contribution in [2.75, 3.05) is 17.7 Å². The van der Waals surface area contributed by atoms with Crippen molar-refractivity contribution < 1.29 is 40.5 Å². The van der Waals surface area contributed by atoms with Crippen molar-refractivity contribution in [2.24, 2.45) is 0 Å². The molecule has 0 saturated heterocycles. The number of alkyl halides is 3. The third kappa shape index (κ3) is 10.8. The highest BCUT2D eigenvalue weighted by atomic mass is 79.9. The lowest BCUT2D eigenvalue weighted by Crippen LogP contribution is -2.19. The van der Waals surface area contributed by atoms with E-state index in [9.17, 15) is 31.2 Å². The number of nitrogens with one attached hydrogen (secondary N) is 3. The fraction of sp³-hybridized carbons (Fsp3) is 0.107. The molecule has 0 atom stereocenters. The minimum absolute atomic E-state index is 0. The first kappa shape index (κ1) is 36.0. The highest BCUT2D eigenvalue weighted by Gasteiger charge is 2.33. The number of anilines is 2. The van der Waals surface area contributed by atoms with Crippen molar-refractivity contribution in [2.45, 2.75) is 18.0 Å². The number of amides is 3. The summed E-state index contributed by atoms with van der Waals surface area (Å²) in [6.45, 7) is 1.84. The lowest BCUT2D eigenvalue weighted by atomic mass is 10.2. The Morgan fingerprint density at radius 1 is 0.886 bits per heavy atom. The molecule has 10 nitrogen and oxygen atoms in total. The van der Waals surface area contributed by atoms with E-state index in [1.54, 1.807) is 42.5 Å². The van der Waals surface area contributed by atoms with Crippen molar-refractivity contribution in [3.8, 4) is 11.5 Å². The van der Waals surface area contributed by atoms with Gasteiger partial charge in [0.25, 0.3) is 16.0 Å². The van der Waals surface area contributed by atoms with Gasteiger partial charge in [0.05, 0.1) is 15.5 Å². The zero-order valence-corrected chi connectivity index (χ0v) is 26.1. The maximum absolute atomic E-state index is 12.9. The van der Waals surface area contributed by atoms with E-state index in [-0.39, 0.29) is 39.2 Å². The number of rotatable bonds is 6. The number of nitrogens with zero attached hydrogens (tertiary/aromatic N) is 1. The number of carbonyl (C=O) groups excluding carboxylic acids is 2. The summed E-state index contributed by atoms with van der Waals surface area (Å²) in [4.78, 5) is 27.6. The molecule has 0 radical (unpaired) electrons. The summed E-state index contributed by atoms with van der Waals surface area (Å²) in [7, 11) is -2.53.